The Bertz CT molecular complexity index is 544. The van der Waals surface area contributed by atoms with Gasteiger partial charge in [0.15, 0.2) is 5.82 Å². The third kappa shape index (κ3) is 2.98. The molecular formula is C14H19N5. The van der Waals surface area contributed by atoms with Crippen LogP contribution in [0.15, 0.2) is 24.7 Å². The summed E-state index contributed by atoms with van der Waals surface area (Å²) < 4.78 is 1.82. The summed E-state index contributed by atoms with van der Waals surface area (Å²) in [5.74, 6) is 1.46. The molecule has 0 radical (unpaired) electrons. The average molecular weight is 257 g/mol. The van der Waals surface area contributed by atoms with Crippen molar-refractivity contribution in [3.8, 4) is 5.82 Å². The molecule has 1 fully saturated rings. The van der Waals surface area contributed by atoms with Crippen molar-refractivity contribution in [3.63, 3.8) is 0 Å². The first-order valence-corrected chi connectivity index (χ1v) is 6.94. The third-order valence-electron chi connectivity index (χ3n) is 3.24. The highest BCUT2D eigenvalue weighted by molar-refractivity contribution is 5.22. The van der Waals surface area contributed by atoms with Crippen LogP contribution in [0, 0.1) is 0 Å². The van der Waals surface area contributed by atoms with Crippen LogP contribution in [0.25, 0.3) is 5.82 Å². The second-order valence-corrected chi connectivity index (χ2v) is 5.00. The van der Waals surface area contributed by atoms with Crippen LogP contribution in [-0.4, -0.2) is 26.3 Å². The molecule has 0 amide bonds. The van der Waals surface area contributed by atoms with E-state index in [4.69, 9.17) is 0 Å². The maximum absolute atomic E-state index is 4.58. The summed E-state index contributed by atoms with van der Waals surface area (Å²) in [5.41, 5.74) is 2.13. The largest absolute Gasteiger partial charge is 0.311 e. The SMILES string of the molecule is CCCNCc1cncc(-n2ccc(C3CC3)n2)n1. The van der Waals surface area contributed by atoms with Crippen LogP contribution in [0.4, 0.5) is 0 Å². The molecule has 0 aromatic carbocycles. The molecule has 1 aliphatic rings. The van der Waals surface area contributed by atoms with Crippen molar-refractivity contribution in [2.45, 2.75) is 38.6 Å². The van der Waals surface area contributed by atoms with E-state index in [2.05, 4.69) is 33.4 Å². The lowest BCUT2D eigenvalue weighted by atomic mass is 10.3. The lowest BCUT2D eigenvalue weighted by molar-refractivity contribution is 0.658. The van der Waals surface area contributed by atoms with Crippen molar-refractivity contribution in [1.82, 2.24) is 25.1 Å². The second-order valence-electron chi connectivity index (χ2n) is 5.00. The quantitative estimate of drug-likeness (QED) is 0.805. The zero-order chi connectivity index (χ0) is 13.1. The molecular weight excluding hydrogens is 238 g/mol. The molecule has 2 aromatic heterocycles. The van der Waals surface area contributed by atoms with E-state index >= 15 is 0 Å². The number of nitrogens with zero attached hydrogens (tertiary/aromatic N) is 4. The molecule has 2 heterocycles. The van der Waals surface area contributed by atoms with Gasteiger partial charge in [-0.2, -0.15) is 5.10 Å². The molecule has 0 saturated heterocycles. The van der Waals surface area contributed by atoms with E-state index in [0.717, 1.165) is 31.0 Å². The van der Waals surface area contributed by atoms with Crippen LogP contribution >= 0.6 is 0 Å². The maximum Gasteiger partial charge on any atom is 0.172 e. The van der Waals surface area contributed by atoms with Gasteiger partial charge in [0.05, 0.1) is 17.6 Å². The molecule has 0 bridgehead atoms. The van der Waals surface area contributed by atoms with Gasteiger partial charge in [-0.15, -0.1) is 0 Å². The van der Waals surface area contributed by atoms with Crippen LogP contribution < -0.4 is 5.32 Å². The number of hydrogen-bond donors (Lipinski definition) is 1. The number of rotatable bonds is 6. The molecule has 100 valence electrons. The molecule has 19 heavy (non-hydrogen) atoms. The Morgan fingerprint density at radius 3 is 3.05 bits per heavy atom. The van der Waals surface area contributed by atoms with Gasteiger partial charge in [0.1, 0.15) is 0 Å². The molecule has 0 unspecified atom stereocenters. The third-order valence-corrected chi connectivity index (χ3v) is 3.24. The molecule has 2 aromatic rings. The molecule has 1 N–H and O–H groups in total. The topological polar surface area (TPSA) is 55.6 Å². The fourth-order valence-corrected chi connectivity index (χ4v) is 2.05. The van der Waals surface area contributed by atoms with Crippen LogP contribution in [0.2, 0.25) is 0 Å². The van der Waals surface area contributed by atoms with Crippen LogP contribution in [0.5, 0.6) is 0 Å². The smallest absolute Gasteiger partial charge is 0.172 e. The highest BCUT2D eigenvalue weighted by atomic mass is 15.3. The van der Waals surface area contributed by atoms with Gasteiger partial charge in [0.25, 0.3) is 0 Å². The lowest BCUT2D eigenvalue weighted by Crippen LogP contribution is -2.15. The standard InChI is InChI=1S/C14H19N5/c1-2-6-15-8-12-9-16-10-14(17-12)19-7-5-13(18-19)11-3-4-11/h5,7,9-11,15H,2-4,6,8H2,1H3. The van der Waals surface area contributed by atoms with Crippen molar-refractivity contribution in [2.75, 3.05) is 6.54 Å². The van der Waals surface area contributed by atoms with Gasteiger partial charge >= 0.3 is 0 Å². The zero-order valence-electron chi connectivity index (χ0n) is 11.2. The van der Waals surface area contributed by atoms with Gasteiger partial charge in [-0.25, -0.2) is 9.67 Å². The van der Waals surface area contributed by atoms with Crippen molar-refractivity contribution >= 4 is 0 Å². The van der Waals surface area contributed by atoms with E-state index in [-0.39, 0.29) is 0 Å². The molecule has 5 nitrogen and oxygen atoms in total. The zero-order valence-corrected chi connectivity index (χ0v) is 11.2. The minimum Gasteiger partial charge on any atom is -0.311 e. The predicted molar refractivity (Wildman–Crippen MR) is 73.1 cm³/mol. The number of hydrogen-bond acceptors (Lipinski definition) is 4. The highest BCUT2D eigenvalue weighted by Gasteiger charge is 2.25. The van der Waals surface area contributed by atoms with Crippen molar-refractivity contribution in [3.05, 3.63) is 36.0 Å². The lowest BCUT2D eigenvalue weighted by Gasteiger charge is -2.04. The Balaban J connectivity index is 1.73. The summed E-state index contributed by atoms with van der Waals surface area (Å²) in [6.07, 6.45) is 9.19. The van der Waals surface area contributed by atoms with Crippen LogP contribution in [0.3, 0.4) is 0 Å². The van der Waals surface area contributed by atoms with Gasteiger partial charge < -0.3 is 5.32 Å². The minimum absolute atomic E-state index is 0.670. The number of aromatic nitrogens is 4. The van der Waals surface area contributed by atoms with E-state index in [0.29, 0.717) is 5.92 Å². The van der Waals surface area contributed by atoms with Gasteiger partial charge in [-0.05, 0) is 31.9 Å². The normalized spacial score (nSPS) is 14.8. The summed E-state index contributed by atoms with van der Waals surface area (Å²) >= 11 is 0. The Morgan fingerprint density at radius 2 is 2.26 bits per heavy atom. The van der Waals surface area contributed by atoms with Gasteiger partial charge in [-0.1, -0.05) is 6.92 Å². The van der Waals surface area contributed by atoms with Crippen molar-refractivity contribution in [2.24, 2.45) is 0 Å². The van der Waals surface area contributed by atoms with E-state index in [1.165, 1.54) is 18.5 Å². The average Bonchev–Trinajstić information content (AvgIpc) is 3.17. The predicted octanol–water partition coefficient (Wildman–Crippen LogP) is 2.04. The van der Waals surface area contributed by atoms with Gasteiger partial charge in [0, 0.05) is 24.9 Å². The van der Waals surface area contributed by atoms with E-state index in [1.54, 1.807) is 12.4 Å². The Hall–Kier alpha value is -1.75. The summed E-state index contributed by atoms with van der Waals surface area (Å²) in [6.45, 7) is 3.91. The summed E-state index contributed by atoms with van der Waals surface area (Å²) in [5, 5.41) is 7.91. The highest BCUT2D eigenvalue weighted by Crippen LogP contribution is 2.38. The fraction of sp³-hybridized carbons (Fsp3) is 0.500. The second kappa shape index (κ2) is 5.48. The number of nitrogens with one attached hydrogen (secondary N) is 1. The molecule has 1 aliphatic carbocycles. The Morgan fingerprint density at radius 1 is 1.37 bits per heavy atom. The monoisotopic (exact) mass is 257 g/mol. The molecule has 0 atom stereocenters. The first-order valence-electron chi connectivity index (χ1n) is 6.94. The van der Waals surface area contributed by atoms with Crippen LogP contribution in [-0.2, 0) is 6.54 Å². The Kier molecular flexibility index (Phi) is 3.55. The fourth-order valence-electron chi connectivity index (χ4n) is 2.05. The first kappa shape index (κ1) is 12.3. The van der Waals surface area contributed by atoms with Crippen molar-refractivity contribution < 1.29 is 0 Å². The maximum atomic E-state index is 4.58. The minimum atomic E-state index is 0.670. The van der Waals surface area contributed by atoms with Crippen molar-refractivity contribution in [1.29, 1.82) is 0 Å². The molecule has 5 heteroatoms. The Labute approximate surface area is 113 Å². The summed E-state index contributed by atoms with van der Waals surface area (Å²) in [6, 6.07) is 2.08. The molecule has 0 spiro atoms. The van der Waals surface area contributed by atoms with E-state index in [9.17, 15) is 0 Å². The molecule has 3 rings (SSSR count). The van der Waals surface area contributed by atoms with Gasteiger partial charge in [-0.3, -0.25) is 4.98 Å². The van der Waals surface area contributed by atoms with Gasteiger partial charge in [0.2, 0.25) is 0 Å². The summed E-state index contributed by atoms with van der Waals surface area (Å²) in [4.78, 5) is 8.83. The van der Waals surface area contributed by atoms with Crippen LogP contribution in [0.1, 0.15) is 43.5 Å². The first-order chi connectivity index (χ1) is 9.36. The molecule has 0 aliphatic heterocycles. The molecule has 1 saturated carbocycles. The van der Waals surface area contributed by atoms with E-state index < -0.39 is 0 Å². The summed E-state index contributed by atoms with van der Waals surface area (Å²) in [7, 11) is 0. The van der Waals surface area contributed by atoms with E-state index in [1.807, 2.05) is 10.9 Å².